The van der Waals surface area contributed by atoms with E-state index in [1.807, 2.05) is 13.8 Å². The van der Waals surface area contributed by atoms with Gasteiger partial charge in [0.05, 0.1) is 11.1 Å². The molecule has 4 N–H and O–H groups in total. The SMILES string of the molecule is CCN(CC)Cc1sc(N)nc1-c1occc1P(=O)(O)O. The average Bonchev–Trinajstić information content (AvgIpc) is 3.01. The monoisotopic (exact) mass is 331 g/mol. The first-order valence-electron chi connectivity index (χ1n) is 6.48. The van der Waals surface area contributed by atoms with Crippen molar-refractivity contribution in [2.24, 2.45) is 0 Å². The lowest BCUT2D eigenvalue weighted by atomic mass is 10.2. The van der Waals surface area contributed by atoms with Crippen molar-refractivity contribution in [2.75, 3.05) is 18.8 Å². The number of anilines is 1. The number of furan rings is 1. The van der Waals surface area contributed by atoms with Crippen molar-refractivity contribution < 1.29 is 18.8 Å². The Bertz CT molecular complexity index is 659. The molecule has 2 aromatic rings. The van der Waals surface area contributed by atoms with Crippen LogP contribution in [0.1, 0.15) is 18.7 Å². The second-order valence-electron chi connectivity index (χ2n) is 4.46. The zero-order valence-electron chi connectivity index (χ0n) is 11.8. The first-order valence-corrected chi connectivity index (χ1v) is 8.91. The van der Waals surface area contributed by atoms with Gasteiger partial charge in [0.15, 0.2) is 10.9 Å². The van der Waals surface area contributed by atoms with E-state index in [4.69, 9.17) is 10.2 Å². The number of hydrogen-bond donors (Lipinski definition) is 3. The Kier molecular flexibility index (Phi) is 4.85. The number of aromatic nitrogens is 1. The summed E-state index contributed by atoms with van der Waals surface area (Å²) in [4.78, 5) is 25.9. The predicted octanol–water partition coefficient (Wildman–Crippen LogP) is 1.63. The normalized spacial score (nSPS) is 12.2. The van der Waals surface area contributed by atoms with Crippen LogP contribution >= 0.6 is 18.9 Å². The second kappa shape index (κ2) is 6.29. The molecule has 2 heterocycles. The summed E-state index contributed by atoms with van der Waals surface area (Å²) < 4.78 is 16.8. The Morgan fingerprint density at radius 3 is 2.67 bits per heavy atom. The minimum Gasteiger partial charge on any atom is -0.462 e. The molecule has 0 unspecified atom stereocenters. The fourth-order valence-corrected chi connectivity index (χ4v) is 3.56. The summed E-state index contributed by atoms with van der Waals surface area (Å²) >= 11 is 1.30. The molecule has 0 aliphatic carbocycles. The molecule has 9 heteroatoms. The van der Waals surface area contributed by atoms with Gasteiger partial charge in [0.25, 0.3) is 0 Å². The lowest BCUT2D eigenvalue weighted by Gasteiger charge is -2.17. The van der Waals surface area contributed by atoms with Crippen LogP contribution in [0.3, 0.4) is 0 Å². The Morgan fingerprint density at radius 1 is 1.43 bits per heavy atom. The first kappa shape index (κ1) is 16.2. The van der Waals surface area contributed by atoms with Gasteiger partial charge in [0.1, 0.15) is 11.0 Å². The number of thiazole rings is 1. The minimum absolute atomic E-state index is 0.0958. The quantitative estimate of drug-likeness (QED) is 0.689. The van der Waals surface area contributed by atoms with Crippen LogP contribution in [0.5, 0.6) is 0 Å². The van der Waals surface area contributed by atoms with Crippen molar-refractivity contribution >= 4 is 29.4 Å². The summed E-state index contributed by atoms with van der Waals surface area (Å²) in [6, 6.07) is 1.27. The van der Waals surface area contributed by atoms with Crippen LogP contribution in [-0.4, -0.2) is 32.8 Å². The highest BCUT2D eigenvalue weighted by atomic mass is 32.1. The van der Waals surface area contributed by atoms with E-state index < -0.39 is 7.60 Å². The van der Waals surface area contributed by atoms with Gasteiger partial charge in [-0.2, -0.15) is 0 Å². The van der Waals surface area contributed by atoms with Gasteiger partial charge in [0, 0.05) is 6.54 Å². The van der Waals surface area contributed by atoms with E-state index in [0.717, 1.165) is 18.0 Å². The van der Waals surface area contributed by atoms with Gasteiger partial charge >= 0.3 is 7.60 Å². The van der Waals surface area contributed by atoms with Crippen LogP contribution in [0.2, 0.25) is 0 Å². The van der Waals surface area contributed by atoms with Crippen molar-refractivity contribution in [2.45, 2.75) is 20.4 Å². The molecule has 0 fully saturated rings. The largest absolute Gasteiger partial charge is 0.462 e. The molecule has 2 aromatic heterocycles. The Balaban J connectivity index is 2.46. The molecule has 0 aromatic carbocycles. The molecule has 7 nitrogen and oxygen atoms in total. The van der Waals surface area contributed by atoms with Crippen LogP contribution in [-0.2, 0) is 11.1 Å². The van der Waals surface area contributed by atoms with Crippen molar-refractivity contribution in [3.05, 3.63) is 17.2 Å². The highest BCUT2D eigenvalue weighted by Crippen LogP contribution is 2.40. The van der Waals surface area contributed by atoms with E-state index in [1.165, 1.54) is 23.7 Å². The molecule has 0 amide bonds. The Morgan fingerprint density at radius 2 is 2.10 bits per heavy atom. The highest BCUT2D eigenvalue weighted by Gasteiger charge is 2.28. The number of rotatable bonds is 6. The van der Waals surface area contributed by atoms with Crippen LogP contribution in [0.25, 0.3) is 11.5 Å². The number of nitrogens with two attached hydrogens (primary N) is 1. The van der Waals surface area contributed by atoms with Crippen molar-refractivity contribution in [1.82, 2.24) is 9.88 Å². The van der Waals surface area contributed by atoms with E-state index >= 15 is 0 Å². The van der Waals surface area contributed by atoms with Crippen LogP contribution < -0.4 is 11.0 Å². The van der Waals surface area contributed by atoms with Crippen molar-refractivity contribution in [3.8, 4) is 11.5 Å². The highest BCUT2D eigenvalue weighted by molar-refractivity contribution is 7.60. The smallest absolute Gasteiger partial charge is 0.360 e. The van der Waals surface area contributed by atoms with Crippen molar-refractivity contribution in [1.29, 1.82) is 0 Å². The summed E-state index contributed by atoms with van der Waals surface area (Å²) in [7, 11) is -4.42. The molecule has 0 saturated carbocycles. The predicted molar refractivity (Wildman–Crippen MR) is 82.5 cm³/mol. The zero-order valence-corrected chi connectivity index (χ0v) is 13.5. The molecule has 0 spiro atoms. The molecule has 116 valence electrons. The van der Waals surface area contributed by atoms with Gasteiger partial charge in [-0.15, -0.1) is 11.3 Å². The Labute approximate surface area is 126 Å². The topological polar surface area (TPSA) is 113 Å². The molecule has 21 heavy (non-hydrogen) atoms. The number of nitrogen functional groups attached to an aromatic ring is 1. The third-order valence-electron chi connectivity index (χ3n) is 3.15. The summed E-state index contributed by atoms with van der Waals surface area (Å²) in [5, 5.41) is 0.189. The Hall–Kier alpha value is -1.18. The summed E-state index contributed by atoms with van der Waals surface area (Å²) in [5.74, 6) is 0.0958. The van der Waals surface area contributed by atoms with Crippen LogP contribution in [0.15, 0.2) is 16.7 Å². The summed E-state index contributed by atoms with van der Waals surface area (Å²) in [6.45, 7) is 6.41. The lowest BCUT2D eigenvalue weighted by Crippen LogP contribution is -2.22. The summed E-state index contributed by atoms with van der Waals surface area (Å²) in [5.41, 5.74) is 6.17. The van der Waals surface area contributed by atoms with Gasteiger partial charge in [-0.1, -0.05) is 13.8 Å². The van der Waals surface area contributed by atoms with Gasteiger partial charge in [0.2, 0.25) is 0 Å². The van der Waals surface area contributed by atoms with E-state index in [-0.39, 0.29) is 11.1 Å². The third kappa shape index (κ3) is 3.53. The minimum atomic E-state index is -4.42. The maximum atomic E-state index is 11.5. The van der Waals surface area contributed by atoms with E-state index in [0.29, 0.717) is 17.4 Å². The zero-order chi connectivity index (χ0) is 15.6. The fraction of sp³-hybridized carbons (Fsp3) is 0.417. The number of hydrogen-bond acceptors (Lipinski definition) is 6. The van der Waals surface area contributed by atoms with Crippen molar-refractivity contribution in [3.63, 3.8) is 0 Å². The summed E-state index contributed by atoms with van der Waals surface area (Å²) in [6.07, 6.45) is 1.25. The van der Waals surface area contributed by atoms with Crippen LogP contribution in [0.4, 0.5) is 5.13 Å². The molecule has 0 bridgehead atoms. The van der Waals surface area contributed by atoms with E-state index in [2.05, 4.69) is 9.88 Å². The molecule has 2 rings (SSSR count). The lowest BCUT2D eigenvalue weighted by molar-refractivity contribution is 0.298. The molecule has 0 atom stereocenters. The molecular formula is C12H18N3O4PS. The van der Waals surface area contributed by atoms with Crippen LogP contribution in [0, 0.1) is 0 Å². The second-order valence-corrected chi connectivity index (χ2v) is 7.15. The molecule has 0 saturated heterocycles. The van der Waals surface area contributed by atoms with E-state index in [1.54, 1.807) is 0 Å². The molecule has 0 aliphatic heterocycles. The van der Waals surface area contributed by atoms with Gasteiger partial charge in [-0.05, 0) is 19.2 Å². The fourth-order valence-electron chi connectivity index (χ4n) is 2.01. The third-order valence-corrected chi connectivity index (χ3v) is 5.00. The van der Waals surface area contributed by atoms with Gasteiger partial charge in [-0.25, -0.2) is 4.98 Å². The van der Waals surface area contributed by atoms with Gasteiger partial charge < -0.3 is 19.9 Å². The maximum absolute atomic E-state index is 11.5. The molecular weight excluding hydrogens is 313 g/mol. The molecule has 0 radical (unpaired) electrons. The maximum Gasteiger partial charge on any atom is 0.360 e. The molecule has 0 aliphatic rings. The first-order chi connectivity index (χ1) is 9.86. The standard InChI is InChI=1S/C12H18N3O4PS/c1-3-15(4-2)7-9-10(14-12(13)21-9)11-8(5-6-19-11)20(16,17)18/h5-6H,3-4,7H2,1-2H3,(H2,13,14)(H2,16,17,18). The number of nitrogens with zero attached hydrogens (tertiary/aromatic N) is 2. The average molecular weight is 331 g/mol. The van der Waals surface area contributed by atoms with Gasteiger partial charge in [-0.3, -0.25) is 9.46 Å². The van der Waals surface area contributed by atoms with E-state index in [9.17, 15) is 14.4 Å².